The van der Waals surface area contributed by atoms with Crippen LogP contribution in [0.1, 0.15) is 23.6 Å². The van der Waals surface area contributed by atoms with Crippen molar-refractivity contribution in [2.24, 2.45) is 5.10 Å². The van der Waals surface area contributed by atoms with E-state index in [2.05, 4.69) is 5.10 Å². The Balaban J connectivity index is 1.91. The third kappa shape index (κ3) is 2.92. The van der Waals surface area contributed by atoms with Gasteiger partial charge in [0.05, 0.1) is 17.7 Å². The molecule has 2 aliphatic heterocycles. The Hall–Kier alpha value is -3.88. The van der Waals surface area contributed by atoms with Crippen molar-refractivity contribution in [1.82, 2.24) is 5.01 Å². The standard InChI is InChI=1S/C19H15N3O6/c1-11-7-13-8-16-17(28-10-27-16)9-15(13)18(20-21(11)19(23)26-2)12-3-5-14(6-4-12)22(24)25/h3-9H,10H2,1-2H3. The maximum atomic E-state index is 12.2. The minimum atomic E-state index is -0.652. The lowest BCUT2D eigenvalue weighted by molar-refractivity contribution is -0.384. The maximum Gasteiger partial charge on any atom is 0.434 e. The number of carbonyl (C=O) groups excluding carboxylic acids is 1. The fourth-order valence-electron chi connectivity index (χ4n) is 3.03. The number of non-ortho nitro benzene ring substituents is 1. The van der Waals surface area contributed by atoms with Crippen LogP contribution in [0.2, 0.25) is 0 Å². The van der Waals surface area contributed by atoms with E-state index in [0.717, 1.165) is 10.6 Å². The van der Waals surface area contributed by atoms with Gasteiger partial charge in [0.15, 0.2) is 11.5 Å². The molecule has 0 atom stereocenters. The van der Waals surface area contributed by atoms with E-state index in [4.69, 9.17) is 14.2 Å². The van der Waals surface area contributed by atoms with E-state index in [1.54, 1.807) is 31.2 Å². The first-order valence-electron chi connectivity index (χ1n) is 8.32. The molecule has 4 rings (SSSR count). The highest BCUT2D eigenvalue weighted by Gasteiger charge is 2.26. The molecule has 2 heterocycles. The van der Waals surface area contributed by atoms with Crippen molar-refractivity contribution < 1.29 is 23.9 Å². The summed E-state index contributed by atoms with van der Waals surface area (Å²) >= 11 is 0. The van der Waals surface area contributed by atoms with Crippen molar-refractivity contribution in [3.63, 3.8) is 0 Å². The second kappa shape index (κ2) is 6.69. The Labute approximate surface area is 159 Å². The molecule has 0 aromatic heterocycles. The predicted octanol–water partition coefficient (Wildman–Crippen LogP) is 3.52. The summed E-state index contributed by atoms with van der Waals surface area (Å²) in [6, 6.07) is 9.53. The lowest BCUT2D eigenvalue weighted by atomic mass is 9.96. The molecule has 2 aromatic rings. The molecule has 9 nitrogen and oxygen atoms in total. The van der Waals surface area contributed by atoms with Crippen molar-refractivity contribution in [2.75, 3.05) is 13.9 Å². The first-order chi connectivity index (χ1) is 13.5. The van der Waals surface area contributed by atoms with Gasteiger partial charge in [-0.25, -0.2) is 4.79 Å². The molecule has 0 radical (unpaired) electrons. The largest absolute Gasteiger partial charge is 0.454 e. The summed E-state index contributed by atoms with van der Waals surface area (Å²) in [4.78, 5) is 22.7. The third-order valence-electron chi connectivity index (χ3n) is 4.40. The van der Waals surface area contributed by atoms with Gasteiger partial charge in [-0.3, -0.25) is 10.1 Å². The number of ether oxygens (including phenoxy) is 3. The summed E-state index contributed by atoms with van der Waals surface area (Å²) in [6.07, 6.45) is 1.14. The van der Waals surface area contributed by atoms with E-state index in [0.29, 0.717) is 34.0 Å². The van der Waals surface area contributed by atoms with Gasteiger partial charge < -0.3 is 14.2 Å². The minimum absolute atomic E-state index is 0.0389. The smallest absolute Gasteiger partial charge is 0.434 e. The molecule has 0 bridgehead atoms. The minimum Gasteiger partial charge on any atom is -0.454 e. The summed E-state index contributed by atoms with van der Waals surface area (Å²) < 4.78 is 15.7. The Morgan fingerprint density at radius 3 is 2.54 bits per heavy atom. The molecule has 142 valence electrons. The van der Waals surface area contributed by atoms with Crippen LogP contribution >= 0.6 is 0 Å². The van der Waals surface area contributed by atoms with Crippen molar-refractivity contribution in [3.8, 4) is 11.5 Å². The van der Waals surface area contributed by atoms with Crippen LogP contribution in [-0.4, -0.2) is 35.6 Å². The fourth-order valence-corrected chi connectivity index (χ4v) is 3.03. The van der Waals surface area contributed by atoms with E-state index in [9.17, 15) is 14.9 Å². The highest BCUT2D eigenvalue weighted by Crippen LogP contribution is 2.38. The molecular formula is C19H15N3O6. The first-order valence-corrected chi connectivity index (χ1v) is 8.32. The monoisotopic (exact) mass is 381 g/mol. The number of fused-ring (bicyclic) bond motifs is 2. The molecule has 0 unspecified atom stereocenters. The molecule has 0 N–H and O–H groups in total. The van der Waals surface area contributed by atoms with Gasteiger partial charge >= 0.3 is 6.09 Å². The number of nitro benzene ring substituents is 1. The molecule has 0 saturated heterocycles. The lowest BCUT2D eigenvalue weighted by Gasteiger charge is -2.16. The molecule has 0 aliphatic carbocycles. The van der Waals surface area contributed by atoms with Crippen LogP contribution in [0.5, 0.6) is 11.5 Å². The number of hydrazone groups is 1. The van der Waals surface area contributed by atoms with Gasteiger partial charge in [0.1, 0.15) is 0 Å². The van der Waals surface area contributed by atoms with Crippen LogP contribution in [0, 0.1) is 10.1 Å². The molecule has 1 amide bonds. The van der Waals surface area contributed by atoms with E-state index >= 15 is 0 Å². The van der Waals surface area contributed by atoms with Crippen molar-refractivity contribution >= 4 is 23.6 Å². The SMILES string of the molecule is COC(=O)N1N=C(c2ccc([N+](=O)[O-])cc2)c2cc3c(cc2C=C1C)OCO3. The van der Waals surface area contributed by atoms with Crippen molar-refractivity contribution in [2.45, 2.75) is 6.92 Å². The predicted molar refractivity (Wildman–Crippen MR) is 99.2 cm³/mol. The molecule has 9 heteroatoms. The van der Waals surface area contributed by atoms with Crippen molar-refractivity contribution in [3.05, 3.63) is 68.9 Å². The topological polar surface area (TPSA) is 104 Å². The number of nitrogens with zero attached hydrogens (tertiary/aromatic N) is 3. The average molecular weight is 381 g/mol. The average Bonchev–Trinajstić information content (AvgIpc) is 3.09. The Morgan fingerprint density at radius 1 is 1.21 bits per heavy atom. The van der Waals surface area contributed by atoms with Gasteiger partial charge in [-0.2, -0.15) is 10.1 Å². The molecule has 0 saturated carbocycles. The molecule has 2 aromatic carbocycles. The van der Waals surface area contributed by atoms with Gasteiger partial charge in [0.2, 0.25) is 6.79 Å². The van der Waals surface area contributed by atoms with Crippen LogP contribution in [0.25, 0.3) is 6.08 Å². The number of benzene rings is 2. The van der Waals surface area contributed by atoms with Gasteiger partial charge in [-0.1, -0.05) is 0 Å². The van der Waals surface area contributed by atoms with Crippen LogP contribution in [0.15, 0.2) is 47.2 Å². The summed E-state index contributed by atoms with van der Waals surface area (Å²) in [5, 5.41) is 16.6. The second-order valence-electron chi connectivity index (χ2n) is 6.11. The Kier molecular flexibility index (Phi) is 4.19. The zero-order valence-corrected chi connectivity index (χ0v) is 15.0. The van der Waals surface area contributed by atoms with E-state index in [1.165, 1.54) is 19.2 Å². The summed E-state index contributed by atoms with van der Waals surface area (Å²) in [5.74, 6) is 1.16. The molecule has 2 aliphatic rings. The normalized spacial score (nSPS) is 14.6. The number of allylic oxidation sites excluding steroid dienone is 1. The van der Waals surface area contributed by atoms with Crippen LogP contribution in [0.4, 0.5) is 10.5 Å². The van der Waals surface area contributed by atoms with Gasteiger partial charge in [-0.05, 0) is 42.8 Å². The first kappa shape index (κ1) is 17.5. The van der Waals surface area contributed by atoms with Crippen LogP contribution < -0.4 is 9.47 Å². The maximum absolute atomic E-state index is 12.2. The molecule has 0 spiro atoms. The van der Waals surface area contributed by atoms with Gasteiger partial charge in [0.25, 0.3) is 5.69 Å². The highest BCUT2D eigenvalue weighted by atomic mass is 16.7. The van der Waals surface area contributed by atoms with E-state index < -0.39 is 11.0 Å². The molecular weight excluding hydrogens is 366 g/mol. The fraction of sp³-hybridized carbons (Fsp3) is 0.158. The number of amides is 1. The highest BCUT2D eigenvalue weighted by molar-refractivity contribution is 6.16. The number of carbonyl (C=O) groups is 1. The Morgan fingerprint density at radius 2 is 1.89 bits per heavy atom. The van der Waals surface area contributed by atoms with Gasteiger partial charge in [-0.15, -0.1) is 0 Å². The molecule has 28 heavy (non-hydrogen) atoms. The van der Waals surface area contributed by atoms with Crippen molar-refractivity contribution in [1.29, 1.82) is 0 Å². The number of methoxy groups -OCH3 is 1. The number of nitro groups is 1. The lowest BCUT2D eigenvalue weighted by Crippen LogP contribution is -2.25. The summed E-state index contributed by atoms with van der Waals surface area (Å²) in [6.45, 7) is 1.85. The number of hydrogen-bond acceptors (Lipinski definition) is 7. The van der Waals surface area contributed by atoms with Crippen LogP contribution in [0.3, 0.4) is 0 Å². The van der Waals surface area contributed by atoms with E-state index in [-0.39, 0.29) is 12.5 Å². The quantitative estimate of drug-likeness (QED) is 0.582. The van der Waals surface area contributed by atoms with Crippen LogP contribution in [-0.2, 0) is 4.74 Å². The summed E-state index contributed by atoms with van der Waals surface area (Å²) in [7, 11) is 1.27. The Bertz CT molecular complexity index is 1040. The zero-order chi connectivity index (χ0) is 19.8. The summed E-state index contributed by atoms with van der Waals surface area (Å²) in [5.41, 5.74) is 3.02. The zero-order valence-electron chi connectivity index (χ0n) is 15.0. The third-order valence-corrected chi connectivity index (χ3v) is 4.40. The van der Waals surface area contributed by atoms with Gasteiger partial charge in [0, 0.05) is 29.0 Å². The second-order valence-corrected chi connectivity index (χ2v) is 6.11. The number of rotatable bonds is 2. The number of hydrogen-bond donors (Lipinski definition) is 0. The molecule has 0 fully saturated rings. The van der Waals surface area contributed by atoms with E-state index in [1.807, 2.05) is 6.07 Å².